The minimum absolute atomic E-state index is 0. The standard InChI is InChI=1S/BNO2.H3N/c1-4-2-3;/h;1H3. The van der Waals surface area contributed by atoms with E-state index >= 15 is 0 Å². The summed E-state index contributed by atoms with van der Waals surface area (Å²) in [5, 5.41) is 1.76. The molecule has 4 nitrogen and oxygen atoms in total. The molecular formula is H3BN2O2. The first-order chi connectivity index (χ1) is 1.91. The Labute approximate surface area is 30.5 Å². The largest absolute Gasteiger partial charge is 0.450 e. The van der Waals surface area contributed by atoms with E-state index in [4.69, 9.17) is 4.91 Å². The minimum Gasteiger partial charge on any atom is -0.450 e. The molecule has 0 atom stereocenters. The lowest BCUT2D eigenvalue weighted by atomic mass is 10.6. The second kappa shape index (κ2) is 9.92. The molecule has 0 saturated carbocycles. The van der Waals surface area contributed by atoms with Gasteiger partial charge < -0.3 is 10.9 Å². The fraction of sp³-hybridized carbons (Fsp3) is 0. The maximum absolute atomic E-state index is 8.58. The molecule has 5 heteroatoms. The summed E-state index contributed by atoms with van der Waals surface area (Å²) in [6, 6.07) is 0. The molecule has 2 radical (unpaired) electrons. The maximum Gasteiger partial charge on any atom is 0.424 e. The summed E-state index contributed by atoms with van der Waals surface area (Å²) in [5.41, 5.74) is 0. The van der Waals surface area contributed by atoms with Gasteiger partial charge in [-0.2, -0.15) is 0 Å². The molecule has 0 spiro atoms. The van der Waals surface area contributed by atoms with Gasteiger partial charge in [0, 0.05) is 0 Å². The highest BCUT2D eigenvalue weighted by atomic mass is 16.7. The third-order valence-electron chi connectivity index (χ3n) is 0.0430. The number of hydrogen-bond acceptors (Lipinski definition) is 4. The third-order valence-corrected chi connectivity index (χ3v) is 0.0430. The first-order valence-corrected chi connectivity index (χ1v) is 0.601. The topological polar surface area (TPSA) is 73.7 Å². The molecule has 0 aromatic carbocycles. The van der Waals surface area contributed by atoms with E-state index < -0.39 is 0 Å². The summed E-state index contributed by atoms with van der Waals surface area (Å²) in [4.78, 5) is 8.58. The van der Waals surface area contributed by atoms with Gasteiger partial charge in [0.25, 0.3) is 0 Å². The third kappa shape index (κ3) is 38.5. The lowest BCUT2D eigenvalue weighted by molar-refractivity contribution is 0.371. The van der Waals surface area contributed by atoms with Crippen molar-refractivity contribution in [1.29, 1.82) is 0 Å². The Bertz CT molecular complexity index is 21.6. The van der Waals surface area contributed by atoms with Crippen LogP contribution < -0.4 is 6.15 Å². The normalized spacial score (nSPS) is 4.00. The predicted octanol–water partition coefficient (Wildman–Crippen LogP) is -0.0701. The van der Waals surface area contributed by atoms with E-state index in [0.29, 0.717) is 0 Å². The van der Waals surface area contributed by atoms with Crippen LogP contribution in [-0.2, 0) is 4.76 Å². The summed E-state index contributed by atoms with van der Waals surface area (Å²) in [5.74, 6) is 0. The fourth-order valence-electron chi connectivity index (χ4n) is 0. The van der Waals surface area contributed by atoms with Crippen LogP contribution in [0.4, 0.5) is 0 Å². The molecule has 0 unspecified atom stereocenters. The molecule has 0 bridgehead atoms. The van der Waals surface area contributed by atoms with Crippen molar-refractivity contribution in [2.45, 2.75) is 0 Å². The molecule has 0 aliphatic rings. The van der Waals surface area contributed by atoms with E-state index in [9.17, 15) is 0 Å². The Hall–Kier alpha value is -0.575. The molecule has 0 fully saturated rings. The Kier molecular flexibility index (Phi) is 17.5. The maximum atomic E-state index is 8.58. The molecule has 0 heterocycles. The molecule has 0 aliphatic carbocycles. The molecule has 5 heavy (non-hydrogen) atoms. The van der Waals surface area contributed by atoms with Gasteiger partial charge in [-0.25, -0.2) is 0 Å². The Balaban J connectivity index is 0. The lowest BCUT2D eigenvalue weighted by Crippen LogP contribution is -1.58. The van der Waals surface area contributed by atoms with Crippen molar-refractivity contribution in [1.82, 2.24) is 6.15 Å². The predicted molar refractivity (Wildman–Crippen MR) is 17.7 cm³/mol. The zero-order valence-electron chi connectivity index (χ0n) is 2.55. The van der Waals surface area contributed by atoms with E-state index in [2.05, 4.69) is 12.8 Å². The summed E-state index contributed by atoms with van der Waals surface area (Å²) in [6.07, 6.45) is 0. The Morgan fingerprint density at radius 3 is 2.00 bits per heavy atom. The molecule has 0 amide bonds. The van der Waals surface area contributed by atoms with Gasteiger partial charge in [-0.05, 0) is 0 Å². The van der Waals surface area contributed by atoms with E-state index in [1.165, 1.54) is 0 Å². The average Bonchev–Trinajstić information content (AvgIpc) is 1.37. The Morgan fingerprint density at radius 2 is 2.00 bits per heavy atom. The molecule has 0 saturated heterocycles. The van der Waals surface area contributed by atoms with E-state index in [0.717, 1.165) is 0 Å². The summed E-state index contributed by atoms with van der Waals surface area (Å²) in [7, 11) is 4.05. The van der Waals surface area contributed by atoms with Crippen LogP contribution in [0.1, 0.15) is 0 Å². The first-order valence-electron chi connectivity index (χ1n) is 0.601. The monoisotopic (exact) mass is 74.0 g/mol. The highest BCUT2D eigenvalue weighted by Gasteiger charge is 1.48. The van der Waals surface area contributed by atoms with Gasteiger partial charge in [-0.3, -0.25) is 0 Å². The van der Waals surface area contributed by atoms with Gasteiger partial charge in [-0.15, -0.1) is 4.91 Å². The van der Waals surface area contributed by atoms with E-state index in [1.807, 2.05) is 0 Å². The first kappa shape index (κ1) is 8.83. The average molecular weight is 73.8 g/mol. The number of rotatable bonds is 1. The molecule has 0 aromatic heterocycles. The van der Waals surface area contributed by atoms with Crippen LogP contribution in [-0.4, -0.2) is 8.05 Å². The lowest BCUT2D eigenvalue weighted by Gasteiger charge is -1.63. The van der Waals surface area contributed by atoms with E-state index in [1.54, 1.807) is 5.34 Å². The van der Waals surface area contributed by atoms with Crippen LogP contribution in [0.15, 0.2) is 5.34 Å². The van der Waals surface area contributed by atoms with Crippen molar-refractivity contribution in [2.24, 2.45) is 5.34 Å². The van der Waals surface area contributed by atoms with Gasteiger partial charge in [0.1, 0.15) is 5.34 Å². The smallest absolute Gasteiger partial charge is 0.424 e. The highest BCUT2D eigenvalue weighted by Crippen LogP contribution is 1.50. The van der Waals surface area contributed by atoms with Crippen LogP contribution in [0, 0.1) is 4.91 Å². The van der Waals surface area contributed by atoms with Crippen LogP contribution in [0.2, 0.25) is 0 Å². The van der Waals surface area contributed by atoms with Crippen molar-refractivity contribution in [3.8, 4) is 0 Å². The van der Waals surface area contributed by atoms with Crippen molar-refractivity contribution in [3.63, 3.8) is 0 Å². The summed E-state index contributed by atoms with van der Waals surface area (Å²) >= 11 is 0. The van der Waals surface area contributed by atoms with Gasteiger partial charge >= 0.3 is 8.05 Å². The van der Waals surface area contributed by atoms with Gasteiger partial charge in [0.2, 0.25) is 0 Å². The van der Waals surface area contributed by atoms with Crippen LogP contribution in [0.3, 0.4) is 0 Å². The van der Waals surface area contributed by atoms with Crippen LogP contribution in [0.5, 0.6) is 0 Å². The summed E-state index contributed by atoms with van der Waals surface area (Å²) in [6.45, 7) is 0. The van der Waals surface area contributed by atoms with Gasteiger partial charge in [-0.1, -0.05) is 0 Å². The molecule has 0 aromatic rings. The van der Waals surface area contributed by atoms with E-state index in [-0.39, 0.29) is 6.15 Å². The van der Waals surface area contributed by atoms with Gasteiger partial charge in [0.15, 0.2) is 0 Å². The second-order valence-electron chi connectivity index (χ2n) is 0.180. The molecule has 0 rings (SSSR count). The summed E-state index contributed by atoms with van der Waals surface area (Å²) < 4.78 is 3.11. The molecule has 28 valence electrons. The number of hydrogen-bond donors (Lipinski definition) is 1. The zero-order chi connectivity index (χ0) is 3.41. The van der Waals surface area contributed by atoms with Crippen molar-refractivity contribution >= 4 is 8.05 Å². The van der Waals surface area contributed by atoms with Crippen LogP contribution in [0.25, 0.3) is 0 Å². The SMILES string of the molecule is N.[B]ON=O. The number of nitrogens with zero attached hydrogens (tertiary/aromatic N) is 1. The minimum atomic E-state index is 0. The van der Waals surface area contributed by atoms with Crippen molar-refractivity contribution in [3.05, 3.63) is 4.91 Å². The highest BCUT2D eigenvalue weighted by molar-refractivity contribution is 5.97. The Morgan fingerprint density at radius 1 is 1.80 bits per heavy atom. The molecular weight excluding hydrogens is 70.8 g/mol. The van der Waals surface area contributed by atoms with Crippen molar-refractivity contribution in [2.75, 3.05) is 0 Å². The van der Waals surface area contributed by atoms with Crippen LogP contribution >= 0.6 is 0 Å². The quantitative estimate of drug-likeness (QED) is 0.268. The molecule has 0 aliphatic heterocycles. The fourth-order valence-corrected chi connectivity index (χ4v) is 0. The molecule has 3 N–H and O–H groups in total. The zero-order valence-corrected chi connectivity index (χ0v) is 2.55. The van der Waals surface area contributed by atoms with Crippen molar-refractivity contribution < 1.29 is 4.76 Å². The second-order valence-corrected chi connectivity index (χ2v) is 0.180. The van der Waals surface area contributed by atoms with Gasteiger partial charge in [0.05, 0.1) is 0 Å².